The molecule has 0 unspecified atom stereocenters. The van der Waals surface area contributed by atoms with Gasteiger partial charge < -0.3 is 9.47 Å². The fraction of sp³-hybridized carbons (Fsp3) is 0.176. The number of carbonyl (C=O) groups is 2. The van der Waals surface area contributed by atoms with E-state index in [1.54, 1.807) is 31.2 Å². The number of rotatable bonds is 7. The van der Waals surface area contributed by atoms with Crippen molar-refractivity contribution in [2.24, 2.45) is 0 Å². The lowest BCUT2D eigenvalue weighted by molar-refractivity contribution is -0.385. The molecule has 0 saturated heterocycles. The lowest BCUT2D eigenvalue weighted by Crippen LogP contribution is -2.43. The highest BCUT2D eigenvalue weighted by atomic mass is 35.5. The SMILES string of the molecule is CCOc1ccc(C(=O)NNC(=O)COc2ccccc2Cl)cc1[N+](=O)[O-]. The van der Waals surface area contributed by atoms with E-state index < -0.39 is 16.7 Å². The monoisotopic (exact) mass is 393 g/mol. The van der Waals surface area contributed by atoms with Gasteiger partial charge in [-0.05, 0) is 31.2 Å². The Morgan fingerprint density at radius 3 is 2.52 bits per heavy atom. The molecule has 0 aliphatic heterocycles. The number of ether oxygens (including phenoxy) is 2. The van der Waals surface area contributed by atoms with E-state index >= 15 is 0 Å². The van der Waals surface area contributed by atoms with Crippen LogP contribution in [0.25, 0.3) is 0 Å². The van der Waals surface area contributed by atoms with Crippen LogP contribution in [0.4, 0.5) is 5.69 Å². The van der Waals surface area contributed by atoms with E-state index in [0.717, 1.165) is 6.07 Å². The molecule has 0 radical (unpaired) electrons. The summed E-state index contributed by atoms with van der Waals surface area (Å²) in [6.45, 7) is 1.55. The number of hydrogen-bond acceptors (Lipinski definition) is 6. The van der Waals surface area contributed by atoms with Gasteiger partial charge in [0.05, 0.1) is 16.6 Å². The van der Waals surface area contributed by atoms with Crippen LogP contribution >= 0.6 is 11.6 Å². The van der Waals surface area contributed by atoms with E-state index in [2.05, 4.69) is 10.9 Å². The lowest BCUT2D eigenvalue weighted by Gasteiger charge is -2.10. The molecule has 2 amide bonds. The van der Waals surface area contributed by atoms with Gasteiger partial charge in [-0.3, -0.25) is 30.6 Å². The molecule has 2 aromatic rings. The van der Waals surface area contributed by atoms with Crippen LogP contribution in [0.1, 0.15) is 17.3 Å². The predicted molar refractivity (Wildman–Crippen MR) is 96.8 cm³/mol. The molecule has 0 heterocycles. The molecule has 27 heavy (non-hydrogen) atoms. The Balaban J connectivity index is 1.93. The highest BCUT2D eigenvalue weighted by Crippen LogP contribution is 2.28. The molecule has 142 valence electrons. The second kappa shape index (κ2) is 9.39. The minimum Gasteiger partial charge on any atom is -0.487 e. The van der Waals surface area contributed by atoms with Crippen LogP contribution in [0, 0.1) is 10.1 Å². The van der Waals surface area contributed by atoms with Crippen LogP contribution in [0.5, 0.6) is 11.5 Å². The molecule has 9 nitrogen and oxygen atoms in total. The van der Waals surface area contributed by atoms with Gasteiger partial charge in [-0.15, -0.1) is 0 Å². The van der Waals surface area contributed by atoms with Crippen molar-refractivity contribution in [1.82, 2.24) is 10.9 Å². The number of hydrazine groups is 1. The van der Waals surface area contributed by atoms with Crippen LogP contribution in [0.3, 0.4) is 0 Å². The summed E-state index contributed by atoms with van der Waals surface area (Å²) in [4.78, 5) is 34.3. The highest BCUT2D eigenvalue weighted by molar-refractivity contribution is 6.32. The second-order valence-electron chi connectivity index (χ2n) is 5.09. The first kappa shape index (κ1) is 20.0. The maximum atomic E-state index is 12.1. The molecule has 0 spiro atoms. The van der Waals surface area contributed by atoms with Gasteiger partial charge in [-0.25, -0.2) is 0 Å². The first-order valence-electron chi connectivity index (χ1n) is 7.80. The summed E-state index contributed by atoms with van der Waals surface area (Å²) >= 11 is 5.90. The van der Waals surface area contributed by atoms with Crippen molar-refractivity contribution in [1.29, 1.82) is 0 Å². The van der Waals surface area contributed by atoms with E-state index in [9.17, 15) is 19.7 Å². The molecule has 0 bridgehead atoms. The zero-order chi connectivity index (χ0) is 19.8. The maximum Gasteiger partial charge on any atom is 0.311 e. The first-order valence-corrected chi connectivity index (χ1v) is 8.18. The van der Waals surface area contributed by atoms with Crippen molar-refractivity contribution < 1.29 is 24.0 Å². The number of para-hydroxylation sites is 1. The summed E-state index contributed by atoms with van der Waals surface area (Å²) in [5.74, 6) is -0.991. The van der Waals surface area contributed by atoms with Gasteiger partial charge in [0.2, 0.25) is 0 Å². The summed E-state index contributed by atoms with van der Waals surface area (Å²) in [6, 6.07) is 10.3. The van der Waals surface area contributed by atoms with E-state index in [1.807, 2.05) is 0 Å². The van der Waals surface area contributed by atoms with Crippen molar-refractivity contribution in [2.75, 3.05) is 13.2 Å². The molecule has 0 saturated carbocycles. The van der Waals surface area contributed by atoms with Crippen LogP contribution in [-0.2, 0) is 4.79 Å². The summed E-state index contributed by atoms with van der Waals surface area (Å²) in [5, 5.41) is 11.4. The van der Waals surface area contributed by atoms with Gasteiger partial charge in [0.15, 0.2) is 12.4 Å². The molecule has 0 aromatic heterocycles. The number of halogens is 1. The predicted octanol–water partition coefficient (Wildman–Crippen LogP) is 2.49. The Hall–Kier alpha value is -3.33. The molecule has 2 rings (SSSR count). The third-order valence-electron chi connectivity index (χ3n) is 3.23. The Bertz CT molecular complexity index is 858. The quantitative estimate of drug-likeness (QED) is 0.550. The molecule has 0 atom stereocenters. The minimum atomic E-state index is -0.729. The number of nitro benzene ring substituents is 1. The smallest absolute Gasteiger partial charge is 0.311 e. The van der Waals surface area contributed by atoms with E-state index in [0.29, 0.717) is 10.8 Å². The number of hydrogen-bond donors (Lipinski definition) is 2. The van der Waals surface area contributed by atoms with E-state index in [1.165, 1.54) is 12.1 Å². The number of benzene rings is 2. The van der Waals surface area contributed by atoms with Crippen molar-refractivity contribution in [3.8, 4) is 11.5 Å². The number of carbonyl (C=O) groups excluding carboxylic acids is 2. The minimum absolute atomic E-state index is 0.0162. The molecule has 2 aromatic carbocycles. The van der Waals surface area contributed by atoms with Gasteiger partial charge in [0.25, 0.3) is 11.8 Å². The normalized spacial score (nSPS) is 10.0. The largest absolute Gasteiger partial charge is 0.487 e. The standard InChI is InChI=1S/C17H16ClN3O6/c1-2-26-15-8-7-11(9-13(15)21(24)25)17(23)20-19-16(22)10-27-14-6-4-3-5-12(14)18/h3-9H,2,10H2,1H3,(H,19,22)(H,20,23). The van der Waals surface area contributed by atoms with Gasteiger partial charge in [0, 0.05) is 11.6 Å². The summed E-state index contributed by atoms with van der Waals surface area (Å²) in [5.41, 5.74) is 3.94. The molecule has 2 N–H and O–H groups in total. The summed E-state index contributed by atoms with van der Waals surface area (Å²) in [7, 11) is 0. The summed E-state index contributed by atoms with van der Waals surface area (Å²) in [6.07, 6.45) is 0. The van der Waals surface area contributed by atoms with Crippen LogP contribution < -0.4 is 20.3 Å². The first-order chi connectivity index (χ1) is 12.9. The van der Waals surface area contributed by atoms with E-state index in [4.69, 9.17) is 21.1 Å². The fourth-order valence-corrected chi connectivity index (χ4v) is 2.21. The zero-order valence-corrected chi connectivity index (χ0v) is 15.0. The topological polar surface area (TPSA) is 120 Å². The van der Waals surface area contributed by atoms with Crippen molar-refractivity contribution in [3.63, 3.8) is 0 Å². The third-order valence-corrected chi connectivity index (χ3v) is 3.54. The highest BCUT2D eigenvalue weighted by Gasteiger charge is 2.19. The Morgan fingerprint density at radius 2 is 1.85 bits per heavy atom. The number of nitrogens with zero attached hydrogens (tertiary/aromatic N) is 1. The van der Waals surface area contributed by atoms with Crippen LogP contribution in [0.15, 0.2) is 42.5 Å². The number of nitro groups is 1. The van der Waals surface area contributed by atoms with Crippen LogP contribution in [0.2, 0.25) is 5.02 Å². The van der Waals surface area contributed by atoms with Gasteiger partial charge in [-0.2, -0.15) is 0 Å². The second-order valence-corrected chi connectivity index (χ2v) is 5.50. The Labute approximate surface area is 159 Å². The fourth-order valence-electron chi connectivity index (χ4n) is 2.02. The number of amides is 2. The van der Waals surface area contributed by atoms with Crippen LogP contribution in [-0.4, -0.2) is 30.0 Å². The summed E-state index contributed by atoms with van der Waals surface area (Å²) < 4.78 is 10.4. The van der Waals surface area contributed by atoms with Crippen molar-refractivity contribution >= 4 is 29.1 Å². The lowest BCUT2D eigenvalue weighted by atomic mass is 10.2. The van der Waals surface area contributed by atoms with E-state index in [-0.39, 0.29) is 30.2 Å². The molecule has 10 heteroatoms. The Morgan fingerprint density at radius 1 is 1.11 bits per heavy atom. The molecule has 0 fully saturated rings. The molecular weight excluding hydrogens is 378 g/mol. The average Bonchev–Trinajstić information content (AvgIpc) is 2.65. The van der Waals surface area contributed by atoms with Crippen molar-refractivity contribution in [3.05, 3.63) is 63.2 Å². The third kappa shape index (κ3) is 5.58. The zero-order valence-electron chi connectivity index (χ0n) is 14.2. The van der Waals surface area contributed by atoms with Gasteiger partial charge in [0.1, 0.15) is 5.75 Å². The molecule has 0 aliphatic rings. The van der Waals surface area contributed by atoms with Gasteiger partial charge >= 0.3 is 5.69 Å². The molecule has 0 aliphatic carbocycles. The van der Waals surface area contributed by atoms with Crippen molar-refractivity contribution in [2.45, 2.75) is 6.92 Å². The Kier molecular flexibility index (Phi) is 6.95. The average molecular weight is 394 g/mol. The number of nitrogens with one attached hydrogen (secondary N) is 2. The van der Waals surface area contributed by atoms with Gasteiger partial charge in [-0.1, -0.05) is 23.7 Å². The molecular formula is C17H16ClN3O6. The maximum absolute atomic E-state index is 12.1.